The maximum atomic E-state index is 12.3. The van der Waals surface area contributed by atoms with E-state index in [2.05, 4.69) is 20.6 Å². The molecule has 0 atom stereocenters. The monoisotopic (exact) mass is 434 g/mol. The van der Waals surface area contributed by atoms with Gasteiger partial charge in [-0.25, -0.2) is 9.97 Å². The molecule has 3 rings (SSSR count). The molecule has 0 fully saturated rings. The van der Waals surface area contributed by atoms with E-state index in [-0.39, 0.29) is 23.4 Å². The number of hydrogen-bond acceptors (Lipinski definition) is 9. The number of amides is 2. The summed E-state index contributed by atoms with van der Waals surface area (Å²) in [6.45, 7) is 0. The topological polar surface area (TPSA) is 113 Å². The lowest BCUT2D eigenvalue weighted by atomic mass is 10.2. The summed E-state index contributed by atoms with van der Waals surface area (Å²) in [4.78, 5) is 34.9. The van der Waals surface area contributed by atoms with Crippen LogP contribution in [0, 0.1) is 0 Å². The number of nitrogens with one attached hydrogen (secondary N) is 2. The molecule has 0 radical (unpaired) electrons. The predicted molar refractivity (Wildman–Crippen MR) is 117 cm³/mol. The number of aromatic nitrogens is 2. The highest BCUT2D eigenvalue weighted by Crippen LogP contribution is 2.30. The van der Waals surface area contributed by atoms with Crippen molar-refractivity contribution in [2.75, 3.05) is 41.1 Å². The molecule has 2 heterocycles. The number of rotatable bonds is 7. The lowest BCUT2D eigenvalue weighted by Gasteiger charge is -2.12. The van der Waals surface area contributed by atoms with Crippen LogP contribution in [0.5, 0.6) is 0 Å². The molecular weight excluding hydrogens is 416 g/mol. The molecule has 0 unspecified atom stereocenters. The number of hydrogen-bond donors (Lipinski definition) is 3. The number of nitrogens with two attached hydrogens (primary N) is 1. The smallest absolute Gasteiger partial charge is 0.271 e. The van der Waals surface area contributed by atoms with Crippen LogP contribution in [-0.2, 0) is 4.79 Å². The van der Waals surface area contributed by atoms with E-state index in [1.165, 1.54) is 23.1 Å². The van der Waals surface area contributed by atoms with Gasteiger partial charge < -0.3 is 16.0 Å². The molecule has 146 valence electrons. The molecule has 28 heavy (non-hydrogen) atoms. The van der Waals surface area contributed by atoms with Gasteiger partial charge in [0.25, 0.3) is 5.91 Å². The number of nitrogens with zero attached hydrogens (tertiary/aromatic N) is 3. The maximum absolute atomic E-state index is 12.3. The van der Waals surface area contributed by atoms with E-state index >= 15 is 0 Å². The van der Waals surface area contributed by atoms with Gasteiger partial charge in [0.2, 0.25) is 5.91 Å². The minimum Gasteiger partial charge on any atom is -0.382 e. The van der Waals surface area contributed by atoms with E-state index in [0.29, 0.717) is 14.3 Å². The minimum absolute atomic E-state index is 0.140. The molecule has 0 aliphatic rings. The number of anilines is 4. The molecule has 0 bridgehead atoms. The fraction of sp³-hybridized carbons (Fsp3) is 0.176. The highest BCUT2D eigenvalue weighted by Gasteiger charge is 2.18. The second-order valence-corrected chi connectivity index (χ2v) is 8.88. The Morgan fingerprint density at radius 3 is 2.61 bits per heavy atom. The summed E-state index contributed by atoms with van der Waals surface area (Å²) >= 11 is 3.69. The van der Waals surface area contributed by atoms with Gasteiger partial charge in [0, 0.05) is 37.0 Å². The van der Waals surface area contributed by atoms with E-state index in [1.807, 2.05) is 43.3 Å². The fourth-order valence-corrected chi connectivity index (χ4v) is 4.43. The second-order valence-electron chi connectivity index (χ2n) is 5.76. The predicted octanol–water partition coefficient (Wildman–Crippen LogP) is 3.23. The quantitative estimate of drug-likeness (QED) is 0.489. The van der Waals surface area contributed by atoms with Gasteiger partial charge in [-0.05, 0) is 24.3 Å². The Morgan fingerprint density at radius 1 is 1.21 bits per heavy atom. The first kappa shape index (κ1) is 20.1. The van der Waals surface area contributed by atoms with Crippen LogP contribution in [0.25, 0.3) is 0 Å². The first-order chi connectivity index (χ1) is 13.4. The molecule has 0 aliphatic heterocycles. The third-order valence-corrected chi connectivity index (χ3v) is 6.39. The normalized spacial score (nSPS) is 10.5. The van der Waals surface area contributed by atoms with Gasteiger partial charge in [-0.15, -0.1) is 22.7 Å². The number of benzene rings is 1. The third-order valence-electron chi connectivity index (χ3n) is 3.49. The van der Waals surface area contributed by atoms with Crippen LogP contribution in [0.4, 0.5) is 22.3 Å². The summed E-state index contributed by atoms with van der Waals surface area (Å²) < 4.78 is 0.555. The van der Waals surface area contributed by atoms with Crippen LogP contribution in [0.1, 0.15) is 9.67 Å². The first-order valence-corrected chi connectivity index (χ1v) is 10.8. The fourth-order valence-electron chi connectivity index (χ4n) is 2.14. The molecule has 2 aromatic heterocycles. The van der Waals surface area contributed by atoms with E-state index in [9.17, 15) is 9.59 Å². The summed E-state index contributed by atoms with van der Waals surface area (Å²) in [6.07, 6.45) is 1.60. The Kier molecular flexibility index (Phi) is 6.49. The maximum Gasteiger partial charge on any atom is 0.271 e. The van der Waals surface area contributed by atoms with Gasteiger partial charge in [-0.1, -0.05) is 11.8 Å². The van der Waals surface area contributed by atoms with Crippen molar-refractivity contribution in [1.82, 2.24) is 9.97 Å². The molecule has 0 spiro atoms. The van der Waals surface area contributed by atoms with Crippen molar-refractivity contribution in [2.24, 2.45) is 0 Å². The highest BCUT2D eigenvalue weighted by molar-refractivity contribution is 8.01. The molecule has 0 saturated carbocycles. The van der Waals surface area contributed by atoms with Crippen molar-refractivity contribution >= 4 is 68.6 Å². The Bertz CT molecular complexity index is 954. The zero-order valence-corrected chi connectivity index (χ0v) is 17.6. The Labute approximate surface area is 174 Å². The van der Waals surface area contributed by atoms with Crippen LogP contribution in [0.2, 0.25) is 0 Å². The zero-order valence-electron chi connectivity index (χ0n) is 15.1. The molecule has 0 saturated heterocycles. The summed E-state index contributed by atoms with van der Waals surface area (Å²) in [7, 11) is 3.91. The average molecular weight is 435 g/mol. The van der Waals surface area contributed by atoms with Gasteiger partial charge in [0.05, 0.1) is 5.75 Å². The number of carbonyl (C=O) groups is 2. The van der Waals surface area contributed by atoms with Crippen LogP contribution in [0.3, 0.4) is 0 Å². The molecule has 4 N–H and O–H groups in total. The van der Waals surface area contributed by atoms with Crippen molar-refractivity contribution in [3.63, 3.8) is 0 Å². The Hall–Kier alpha value is -2.63. The second kappa shape index (κ2) is 9.04. The molecule has 3 aromatic rings. The summed E-state index contributed by atoms with van der Waals surface area (Å²) in [5.41, 5.74) is 7.61. The number of nitrogen functional groups attached to an aromatic ring is 1. The summed E-state index contributed by atoms with van der Waals surface area (Å²) in [5, 5.41) is 7.76. The minimum atomic E-state index is -0.359. The largest absolute Gasteiger partial charge is 0.382 e. The summed E-state index contributed by atoms with van der Waals surface area (Å²) in [6, 6.07) is 7.55. The average Bonchev–Trinajstić information content (AvgIpc) is 3.30. The molecule has 11 heteroatoms. The van der Waals surface area contributed by atoms with Gasteiger partial charge in [0.15, 0.2) is 9.47 Å². The van der Waals surface area contributed by atoms with Crippen LogP contribution >= 0.6 is 34.4 Å². The van der Waals surface area contributed by atoms with E-state index in [0.717, 1.165) is 22.7 Å². The van der Waals surface area contributed by atoms with Gasteiger partial charge >= 0.3 is 0 Å². The van der Waals surface area contributed by atoms with E-state index in [1.54, 1.807) is 11.6 Å². The third kappa shape index (κ3) is 5.21. The van der Waals surface area contributed by atoms with Crippen molar-refractivity contribution in [2.45, 2.75) is 4.34 Å². The van der Waals surface area contributed by atoms with Gasteiger partial charge in [-0.3, -0.25) is 14.9 Å². The number of thioether (sulfide) groups is 1. The SMILES string of the molecule is CN(C)c1ccc(NC(=O)CSc2nc(N)c(C(=O)Nc3nccs3)s2)cc1. The highest BCUT2D eigenvalue weighted by atomic mass is 32.2. The van der Waals surface area contributed by atoms with Crippen molar-refractivity contribution in [3.05, 3.63) is 40.7 Å². The number of thiazole rings is 2. The number of carbonyl (C=O) groups excluding carboxylic acids is 2. The van der Waals surface area contributed by atoms with Crippen molar-refractivity contribution in [1.29, 1.82) is 0 Å². The van der Waals surface area contributed by atoms with E-state index < -0.39 is 0 Å². The molecular formula is C17H18N6O2S3. The van der Waals surface area contributed by atoms with Crippen LogP contribution in [0.15, 0.2) is 40.2 Å². The van der Waals surface area contributed by atoms with Gasteiger partial charge in [-0.2, -0.15) is 0 Å². The van der Waals surface area contributed by atoms with Gasteiger partial charge in [0.1, 0.15) is 10.7 Å². The zero-order chi connectivity index (χ0) is 20.1. The molecule has 8 nitrogen and oxygen atoms in total. The van der Waals surface area contributed by atoms with Crippen LogP contribution < -0.4 is 21.3 Å². The lowest BCUT2D eigenvalue weighted by Crippen LogP contribution is -2.14. The molecule has 1 aromatic carbocycles. The van der Waals surface area contributed by atoms with Crippen molar-refractivity contribution < 1.29 is 9.59 Å². The molecule has 0 aliphatic carbocycles. The van der Waals surface area contributed by atoms with Crippen LogP contribution in [-0.4, -0.2) is 41.6 Å². The standard InChI is InChI=1S/C17H18N6O2S3/c1-23(2)11-5-3-10(4-6-11)20-12(24)9-27-17-21-14(18)13(28-17)15(25)22-16-19-7-8-26-16/h3-8H,9,18H2,1-2H3,(H,20,24)(H,19,22,25). The van der Waals surface area contributed by atoms with E-state index in [4.69, 9.17) is 5.73 Å². The Balaban J connectivity index is 1.54. The first-order valence-electron chi connectivity index (χ1n) is 8.09. The summed E-state index contributed by atoms with van der Waals surface area (Å²) in [5.74, 6) is -0.218. The lowest BCUT2D eigenvalue weighted by molar-refractivity contribution is -0.113. The van der Waals surface area contributed by atoms with Crippen molar-refractivity contribution in [3.8, 4) is 0 Å². The Morgan fingerprint density at radius 2 is 1.96 bits per heavy atom. The molecule has 2 amide bonds.